The number of furan rings is 1. The first-order chi connectivity index (χ1) is 21.2. The molecule has 1 radical (unpaired) electrons. The summed E-state index contributed by atoms with van der Waals surface area (Å²) in [7, 11) is -1.23. The number of pyridine rings is 2. The third-order valence-electron chi connectivity index (χ3n) is 8.19. The van der Waals surface area contributed by atoms with Crippen LogP contribution in [0.4, 0.5) is 0 Å². The van der Waals surface area contributed by atoms with Gasteiger partial charge in [0, 0.05) is 43.3 Å². The number of benzene rings is 4. The van der Waals surface area contributed by atoms with E-state index >= 15 is 0 Å². The molecule has 4 aromatic carbocycles. The van der Waals surface area contributed by atoms with Crippen LogP contribution in [0, 0.1) is 12.1 Å². The van der Waals surface area contributed by atoms with Gasteiger partial charge >= 0.3 is 0 Å². The van der Waals surface area contributed by atoms with Gasteiger partial charge in [-0.1, -0.05) is 111 Å². The van der Waals surface area contributed by atoms with E-state index in [0.717, 1.165) is 44.5 Å². The van der Waals surface area contributed by atoms with Crippen molar-refractivity contribution in [3.8, 4) is 22.5 Å². The molecular formula is C40H36IrN2OSi-2. The van der Waals surface area contributed by atoms with E-state index in [2.05, 4.69) is 122 Å². The summed E-state index contributed by atoms with van der Waals surface area (Å²) in [6, 6.07) is 45.8. The van der Waals surface area contributed by atoms with E-state index in [-0.39, 0.29) is 25.5 Å². The monoisotopic (exact) mass is 781 g/mol. The van der Waals surface area contributed by atoms with Gasteiger partial charge in [-0.3, -0.25) is 0 Å². The van der Waals surface area contributed by atoms with Crippen LogP contribution in [0.3, 0.4) is 0 Å². The normalized spacial score (nSPS) is 11.5. The topological polar surface area (TPSA) is 38.9 Å². The molecule has 3 heterocycles. The molecule has 5 heteroatoms. The van der Waals surface area contributed by atoms with Gasteiger partial charge in [-0.15, -0.1) is 54.1 Å². The first-order valence-corrected chi connectivity index (χ1v) is 18.5. The minimum Gasteiger partial charge on any atom is -0.501 e. The van der Waals surface area contributed by atoms with Gasteiger partial charge in [0.15, 0.2) is 0 Å². The Morgan fingerprint density at radius 3 is 2.11 bits per heavy atom. The van der Waals surface area contributed by atoms with Crippen LogP contribution in [-0.2, 0) is 25.5 Å². The molecule has 45 heavy (non-hydrogen) atoms. The van der Waals surface area contributed by atoms with Gasteiger partial charge in [0.1, 0.15) is 5.58 Å². The van der Waals surface area contributed by atoms with Crippen molar-refractivity contribution in [1.82, 2.24) is 9.97 Å². The Kier molecular flexibility index (Phi) is 9.64. The second-order valence-electron chi connectivity index (χ2n) is 12.6. The zero-order chi connectivity index (χ0) is 30.7. The average Bonchev–Trinajstić information content (AvgIpc) is 3.44. The molecule has 0 saturated heterocycles. The molecule has 0 spiro atoms. The first-order valence-electron chi connectivity index (χ1n) is 15.0. The fraction of sp³-hybridized carbons (Fsp3) is 0.150. The Bertz CT molecular complexity index is 2000. The van der Waals surface area contributed by atoms with Gasteiger partial charge in [0.25, 0.3) is 0 Å². The Hall–Kier alpha value is -4.15. The van der Waals surface area contributed by atoms with E-state index in [1.807, 2.05) is 54.7 Å². The summed E-state index contributed by atoms with van der Waals surface area (Å²) in [5.41, 5.74) is 7.98. The van der Waals surface area contributed by atoms with E-state index in [1.165, 1.54) is 16.3 Å². The molecule has 0 atom stereocenters. The Balaban J connectivity index is 0.000000202. The van der Waals surface area contributed by atoms with Crippen LogP contribution in [0.1, 0.15) is 25.0 Å². The summed E-state index contributed by atoms with van der Waals surface area (Å²) >= 11 is 0. The van der Waals surface area contributed by atoms with Crippen LogP contribution < -0.4 is 5.19 Å². The quantitative estimate of drug-likeness (QED) is 0.129. The van der Waals surface area contributed by atoms with Crippen molar-refractivity contribution in [2.24, 2.45) is 0 Å². The molecule has 7 rings (SSSR count). The summed E-state index contributed by atoms with van der Waals surface area (Å²) < 4.78 is 6.34. The Morgan fingerprint density at radius 2 is 1.44 bits per heavy atom. The minimum atomic E-state index is -1.23. The number of hydrogen-bond acceptors (Lipinski definition) is 3. The van der Waals surface area contributed by atoms with Gasteiger partial charge < -0.3 is 14.4 Å². The van der Waals surface area contributed by atoms with Crippen LogP contribution in [0.25, 0.3) is 44.5 Å². The largest absolute Gasteiger partial charge is 0.501 e. The van der Waals surface area contributed by atoms with Gasteiger partial charge in [-0.2, -0.15) is 0 Å². The van der Waals surface area contributed by atoms with E-state index < -0.39 is 8.07 Å². The number of rotatable bonds is 5. The molecule has 3 aromatic heterocycles. The summed E-state index contributed by atoms with van der Waals surface area (Å²) in [5, 5.41) is 3.61. The van der Waals surface area contributed by atoms with Gasteiger partial charge in [-0.25, -0.2) is 0 Å². The molecular weight excluding hydrogens is 745 g/mol. The molecule has 0 aliphatic rings. The number of nitrogens with zero attached hydrogens (tertiary/aromatic N) is 2. The van der Waals surface area contributed by atoms with E-state index in [0.29, 0.717) is 0 Å². The summed E-state index contributed by atoms with van der Waals surface area (Å²) in [5.74, 6) is 0. The molecule has 0 bridgehead atoms. The Morgan fingerprint density at radius 1 is 0.667 bits per heavy atom. The van der Waals surface area contributed by atoms with Crippen LogP contribution in [0.5, 0.6) is 0 Å². The Labute approximate surface area is 280 Å². The third kappa shape index (κ3) is 6.92. The van der Waals surface area contributed by atoms with Crippen molar-refractivity contribution in [2.75, 3.05) is 0 Å². The molecule has 0 amide bonds. The molecule has 3 nitrogen and oxygen atoms in total. The standard InChI is InChI=1S/C26H20NO.C14H16NSi.Ir/c1-26(2,18-9-4-3-5-10-18)19-14-15-20-21-11-8-12-22(23-13-6-7-16-27-23)25(21)28-24(20)17-19;1-16(2,3)13-9-10-14(15-11-13)12-7-5-4-6-8-12;/h3-11,13-17H,1-2H3;4-7,9-11H,1-3H3;/q2*-1;. The number of fused-ring (bicyclic) bond motifs is 3. The molecule has 7 aromatic rings. The summed E-state index contributed by atoms with van der Waals surface area (Å²) in [6.45, 7) is 11.5. The first kappa shape index (κ1) is 32.2. The van der Waals surface area contributed by atoms with Gasteiger partial charge in [0.2, 0.25) is 0 Å². The van der Waals surface area contributed by atoms with E-state index in [9.17, 15) is 0 Å². The predicted octanol–water partition coefficient (Wildman–Crippen LogP) is 9.87. The van der Waals surface area contributed by atoms with Crippen LogP contribution in [-0.4, -0.2) is 18.0 Å². The fourth-order valence-electron chi connectivity index (χ4n) is 5.40. The van der Waals surface area contributed by atoms with Crippen molar-refractivity contribution >= 4 is 35.2 Å². The zero-order valence-corrected chi connectivity index (χ0v) is 29.7. The van der Waals surface area contributed by atoms with Gasteiger partial charge in [0.05, 0.1) is 13.7 Å². The second kappa shape index (κ2) is 13.5. The fourth-order valence-corrected chi connectivity index (χ4v) is 6.44. The molecule has 0 aliphatic carbocycles. The number of hydrogen-bond donors (Lipinski definition) is 0. The average molecular weight is 781 g/mol. The van der Waals surface area contributed by atoms with E-state index in [1.54, 1.807) is 6.20 Å². The molecule has 0 N–H and O–H groups in total. The summed E-state index contributed by atoms with van der Waals surface area (Å²) in [6.07, 6.45) is 3.81. The SMILES string of the molecule is CC(C)(c1ccccc1)c1ccc2c(c1)oc1c(-c3ccccn3)[c-]ccc12.C[Si](C)(C)c1ccc(-c2[c-]cccc2)nc1.[Ir]. The van der Waals surface area contributed by atoms with Crippen LogP contribution in [0.2, 0.25) is 19.6 Å². The van der Waals surface area contributed by atoms with Crippen LogP contribution in [0.15, 0.2) is 132 Å². The molecule has 0 saturated carbocycles. The van der Waals surface area contributed by atoms with E-state index in [4.69, 9.17) is 4.42 Å². The molecule has 0 fully saturated rings. The minimum absolute atomic E-state index is 0. The zero-order valence-electron chi connectivity index (χ0n) is 26.3. The van der Waals surface area contributed by atoms with Crippen LogP contribution >= 0.6 is 0 Å². The predicted molar refractivity (Wildman–Crippen MR) is 186 cm³/mol. The summed E-state index contributed by atoms with van der Waals surface area (Å²) in [4.78, 5) is 8.99. The third-order valence-corrected chi connectivity index (χ3v) is 10.2. The molecule has 0 unspecified atom stereocenters. The maximum atomic E-state index is 6.34. The maximum absolute atomic E-state index is 6.34. The number of aromatic nitrogens is 2. The smallest absolute Gasteiger partial charge is 0.121 e. The van der Waals surface area contributed by atoms with Crippen molar-refractivity contribution in [2.45, 2.75) is 38.9 Å². The van der Waals surface area contributed by atoms with Crippen molar-refractivity contribution in [1.29, 1.82) is 0 Å². The van der Waals surface area contributed by atoms with Crippen molar-refractivity contribution < 1.29 is 24.5 Å². The second-order valence-corrected chi connectivity index (χ2v) is 17.7. The molecule has 0 aliphatic heterocycles. The van der Waals surface area contributed by atoms with Gasteiger partial charge in [-0.05, 0) is 39.8 Å². The van der Waals surface area contributed by atoms with Crippen molar-refractivity contribution in [3.05, 3.63) is 151 Å². The molecule has 227 valence electrons. The van der Waals surface area contributed by atoms with Crippen molar-refractivity contribution in [3.63, 3.8) is 0 Å². The maximum Gasteiger partial charge on any atom is 0.121 e.